The van der Waals surface area contributed by atoms with Crippen molar-refractivity contribution in [3.63, 3.8) is 0 Å². The molecule has 0 fully saturated rings. The van der Waals surface area contributed by atoms with Gasteiger partial charge in [0.1, 0.15) is 5.76 Å². The Kier molecular flexibility index (Phi) is 4.85. The first kappa shape index (κ1) is 13.2. The van der Waals surface area contributed by atoms with Crippen molar-refractivity contribution in [1.29, 1.82) is 0 Å². The van der Waals surface area contributed by atoms with E-state index in [1.165, 1.54) is 5.56 Å². The maximum Gasteiger partial charge on any atom is 0.103 e. The highest BCUT2D eigenvalue weighted by Crippen LogP contribution is 2.14. The van der Waals surface area contributed by atoms with Crippen LogP contribution in [-0.4, -0.2) is 13.1 Å². The van der Waals surface area contributed by atoms with Crippen LogP contribution in [-0.2, 0) is 12.8 Å². The average molecular weight is 264 g/mol. The monoisotopic (exact) mass is 263 g/mol. The van der Waals surface area contributed by atoms with E-state index in [-0.39, 0.29) is 0 Å². The number of benzene rings is 1. The molecule has 0 radical (unpaired) electrons. The summed E-state index contributed by atoms with van der Waals surface area (Å²) in [6.45, 7) is 0. The quantitative estimate of drug-likeness (QED) is 0.860. The molecule has 0 spiro atoms. The smallest absolute Gasteiger partial charge is 0.103 e. The molecule has 2 aromatic rings. The molecule has 1 aromatic carbocycles. The number of hydrogen-bond donors (Lipinski definition) is 1. The predicted octanol–water partition coefficient (Wildman–Crippen LogP) is 3.70. The fraction of sp³-hybridized carbons (Fsp3) is 0.333. The molecule has 3 heteroatoms. The van der Waals surface area contributed by atoms with Gasteiger partial charge in [-0.25, -0.2) is 0 Å². The summed E-state index contributed by atoms with van der Waals surface area (Å²) in [5, 5.41) is 4.15. The molecule has 1 aromatic heterocycles. The summed E-state index contributed by atoms with van der Waals surface area (Å²) in [5.74, 6) is 1.04. The average Bonchev–Trinajstić information content (AvgIpc) is 2.87. The molecule has 0 amide bonds. The number of rotatable bonds is 6. The van der Waals surface area contributed by atoms with Crippen molar-refractivity contribution in [2.24, 2.45) is 0 Å². The van der Waals surface area contributed by atoms with Gasteiger partial charge in [-0.15, -0.1) is 0 Å². The molecule has 0 aliphatic rings. The Balaban J connectivity index is 1.89. The molecule has 0 saturated carbocycles. The summed E-state index contributed by atoms with van der Waals surface area (Å²) in [6.07, 6.45) is 4.72. The van der Waals surface area contributed by atoms with Crippen molar-refractivity contribution in [1.82, 2.24) is 5.32 Å². The molecule has 18 heavy (non-hydrogen) atoms. The van der Waals surface area contributed by atoms with Crippen molar-refractivity contribution < 1.29 is 4.42 Å². The molecule has 0 saturated heterocycles. The van der Waals surface area contributed by atoms with Gasteiger partial charge in [-0.2, -0.15) is 0 Å². The summed E-state index contributed by atoms with van der Waals surface area (Å²) in [6, 6.07) is 12.4. The second-order valence-electron chi connectivity index (χ2n) is 4.44. The highest BCUT2D eigenvalue weighted by atomic mass is 35.5. The maximum absolute atomic E-state index is 5.99. The van der Waals surface area contributed by atoms with Crippen LogP contribution in [0.15, 0.2) is 47.1 Å². The molecular weight excluding hydrogens is 246 g/mol. The van der Waals surface area contributed by atoms with E-state index < -0.39 is 0 Å². The van der Waals surface area contributed by atoms with Crippen LogP contribution in [0.3, 0.4) is 0 Å². The fourth-order valence-electron chi connectivity index (χ4n) is 2.07. The van der Waals surface area contributed by atoms with E-state index in [9.17, 15) is 0 Å². The second-order valence-corrected chi connectivity index (χ2v) is 4.87. The van der Waals surface area contributed by atoms with Gasteiger partial charge in [0.25, 0.3) is 0 Å². The van der Waals surface area contributed by atoms with E-state index in [1.807, 2.05) is 37.4 Å². The number of aryl methyl sites for hydroxylation is 1. The zero-order valence-corrected chi connectivity index (χ0v) is 11.3. The van der Waals surface area contributed by atoms with E-state index >= 15 is 0 Å². The third-order valence-corrected chi connectivity index (χ3v) is 3.33. The number of halogens is 1. The van der Waals surface area contributed by atoms with Crippen LogP contribution in [0.5, 0.6) is 0 Å². The fourth-order valence-corrected chi connectivity index (χ4v) is 2.28. The summed E-state index contributed by atoms with van der Waals surface area (Å²) < 4.78 is 5.35. The molecule has 1 atom stereocenters. The van der Waals surface area contributed by atoms with Crippen LogP contribution in [0, 0.1) is 0 Å². The molecule has 2 rings (SSSR count). The van der Waals surface area contributed by atoms with Crippen LogP contribution in [0.25, 0.3) is 0 Å². The van der Waals surface area contributed by atoms with Gasteiger partial charge in [0.15, 0.2) is 0 Å². The third kappa shape index (κ3) is 3.90. The van der Waals surface area contributed by atoms with Gasteiger partial charge >= 0.3 is 0 Å². The number of nitrogens with one attached hydrogen (secondary N) is 1. The highest BCUT2D eigenvalue weighted by Gasteiger charge is 2.08. The minimum atomic E-state index is 0.438. The zero-order chi connectivity index (χ0) is 12.8. The zero-order valence-electron chi connectivity index (χ0n) is 10.5. The molecular formula is C15H18ClNO. The molecule has 1 heterocycles. The van der Waals surface area contributed by atoms with Gasteiger partial charge in [0, 0.05) is 17.5 Å². The Morgan fingerprint density at radius 3 is 2.83 bits per heavy atom. The van der Waals surface area contributed by atoms with Crippen LogP contribution in [0.1, 0.15) is 17.7 Å². The Morgan fingerprint density at radius 1 is 1.28 bits per heavy atom. The molecule has 2 nitrogen and oxygen atoms in total. The summed E-state index contributed by atoms with van der Waals surface area (Å²) in [7, 11) is 2.00. The van der Waals surface area contributed by atoms with Crippen LogP contribution < -0.4 is 5.32 Å². The number of likely N-dealkylation sites (N-methyl/N-ethyl adjacent to an activating group) is 1. The lowest BCUT2D eigenvalue weighted by molar-refractivity contribution is 0.460. The van der Waals surface area contributed by atoms with E-state index in [4.69, 9.17) is 16.0 Å². The van der Waals surface area contributed by atoms with Crippen LogP contribution >= 0.6 is 11.6 Å². The SMILES string of the molecule is CNC(CCc1ccco1)Cc1cccc(Cl)c1. The minimum absolute atomic E-state index is 0.438. The largest absolute Gasteiger partial charge is 0.469 e. The predicted molar refractivity (Wildman–Crippen MR) is 75.0 cm³/mol. The first-order valence-electron chi connectivity index (χ1n) is 6.22. The van der Waals surface area contributed by atoms with E-state index in [1.54, 1.807) is 6.26 Å². The van der Waals surface area contributed by atoms with Crippen LogP contribution in [0.4, 0.5) is 0 Å². The third-order valence-electron chi connectivity index (χ3n) is 3.10. The van der Waals surface area contributed by atoms with E-state index in [2.05, 4.69) is 11.4 Å². The van der Waals surface area contributed by atoms with Gasteiger partial charge in [0.05, 0.1) is 6.26 Å². The van der Waals surface area contributed by atoms with Crippen molar-refractivity contribution in [2.75, 3.05) is 7.05 Å². The lowest BCUT2D eigenvalue weighted by atomic mass is 10.0. The highest BCUT2D eigenvalue weighted by molar-refractivity contribution is 6.30. The Labute approximate surface area is 113 Å². The first-order chi connectivity index (χ1) is 8.78. The van der Waals surface area contributed by atoms with Crippen molar-refractivity contribution >= 4 is 11.6 Å². The Hall–Kier alpha value is -1.25. The summed E-state index contributed by atoms with van der Waals surface area (Å²) >= 11 is 5.99. The maximum atomic E-state index is 5.99. The number of furan rings is 1. The molecule has 0 aliphatic carbocycles. The second kappa shape index (κ2) is 6.62. The van der Waals surface area contributed by atoms with Crippen molar-refractivity contribution in [3.05, 3.63) is 59.0 Å². The molecule has 96 valence electrons. The molecule has 0 aliphatic heterocycles. The Bertz CT molecular complexity index is 467. The summed E-state index contributed by atoms with van der Waals surface area (Å²) in [5.41, 5.74) is 1.27. The molecule has 1 N–H and O–H groups in total. The topological polar surface area (TPSA) is 25.2 Å². The van der Waals surface area contributed by atoms with Crippen LogP contribution in [0.2, 0.25) is 5.02 Å². The minimum Gasteiger partial charge on any atom is -0.469 e. The molecule has 0 bridgehead atoms. The van der Waals surface area contributed by atoms with Gasteiger partial charge in [-0.1, -0.05) is 23.7 Å². The van der Waals surface area contributed by atoms with Gasteiger partial charge < -0.3 is 9.73 Å². The lowest BCUT2D eigenvalue weighted by Gasteiger charge is -2.15. The first-order valence-corrected chi connectivity index (χ1v) is 6.60. The van der Waals surface area contributed by atoms with Gasteiger partial charge in [-0.05, 0) is 49.7 Å². The van der Waals surface area contributed by atoms with Crippen molar-refractivity contribution in [3.8, 4) is 0 Å². The standard InChI is InChI=1S/C15H18ClNO/c1-17-14(7-8-15-6-3-9-18-15)11-12-4-2-5-13(16)10-12/h2-6,9-10,14,17H,7-8,11H2,1H3. The van der Waals surface area contributed by atoms with Gasteiger partial charge in [0.2, 0.25) is 0 Å². The van der Waals surface area contributed by atoms with Gasteiger partial charge in [-0.3, -0.25) is 0 Å². The summed E-state index contributed by atoms with van der Waals surface area (Å²) in [4.78, 5) is 0. The van der Waals surface area contributed by atoms with E-state index in [0.29, 0.717) is 6.04 Å². The lowest BCUT2D eigenvalue weighted by Crippen LogP contribution is -2.28. The normalized spacial score (nSPS) is 12.6. The number of hydrogen-bond acceptors (Lipinski definition) is 2. The molecule has 1 unspecified atom stereocenters. The Morgan fingerprint density at radius 2 is 2.17 bits per heavy atom. The van der Waals surface area contributed by atoms with Crippen molar-refractivity contribution in [2.45, 2.75) is 25.3 Å². The van der Waals surface area contributed by atoms with E-state index in [0.717, 1.165) is 30.0 Å².